The molecule has 0 heterocycles. The van der Waals surface area contributed by atoms with E-state index in [0.29, 0.717) is 12.8 Å². The first-order valence-corrected chi connectivity index (χ1v) is 7.97. The van der Waals surface area contributed by atoms with Gasteiger partial charge in [0.15, 0.2) is 0 Å². The molecule has 0 aliphatic rings. The number of carbonyl (C=O) groups is 1. The summed E-state index contributed by atoms with van der Waals surface area (Å²) in [5.41, 5.74) is 0. The van der Waals surface area contributed by atoms with Crippen molar-refractivity contribution in [3.63, 3.8) is 0 Å². The van der Waals surface area contributed by atoms with Crippen molar-refractivity contribution in [1.82, 2.24) is 0 Å². The van der Waals surface area contributed by atoms with Crippen LogP contribution >= 0.6 is 7.82 Å². The molecule has 0 unspecified atom stereocenters. The van der Waals surface area contributed by atoms with Crippen molar-refractivity contribution in [2.45, 2.75) is 45.9 Å². The van der Waals surface area contributed by atoms with Crippen molar-refractivity contribution in [3.8, 4) is 0 Å². The van der Waals surface area contributed by atoms with Gasteiger partial charge < -0.3 is 4.74 Å². The average molecular weight is 336 g/mol. The fourth-order valence-corrected chi connectivity index (χ4v) is 2.56. The minimum Gasteiger partial charge on any atom is -0.464 e. The highest BCUT2D eigenvalue weighted by molar-refractivity contribution is 7.48. The highest BCUT2D eigenvalue weighted by atomic mass is 31.2. The molecule has 0 bridgehead atoms. The molecule has 0 rings (SSSR count). The van der Waals surface area contributed by atoms with Crippen LogP contribution in [0.25, 0.3) is 0 Å². The van der Waals surface area contributed by atoms with Crippen molar-refractivity contribution < 1.29 is 40.8 Å². The number of phosphoric acid groups is 1. The second-order valence-corrected chi connectivity index (χ2v) is 5.51. The number of hydrogen-bond acceptors (Lipinski definition) is 6. The molecule has 0 amide bonds. The summed E-state index contributed by atoms with van der Waals surface area (Å²) < 4.78 is 68.6. The van der Waals surface area contributed by atoms with Gasteiger partial charge in [0.1, 0.15) is 0 Å². The van der Waals surface area contributed by atoms with Crippen LogP contribution in [0.15, 0.2) is 0 Å². The first-order valence-electron chi connectivity index (χ1n) is 6.51. The Bertz CT molecular complexity index is 348. The molecule has 0 spiro atoms. The number of esters is 1. The largest absolute Gasteiger partial charge is 0.475 e. The van der Waals surface area contributed by atoms with Gasteiger partial charge in [-0.25, -0.2) is 9.36 Å². The lowest BCUT2D eigenvalue weighted by molar-refractivity contribution is -0.215. The summed E-state index contributed by atoms with van der Waals surface area (Å²) in [5.74, 6) is -1.69. The molecule has 10 heteroatoms. The molecular formula is C11H20F3O6P. The average Bonchev–Trinajstić information content (AvgIpc) is 2.39. The summed E-state index contributed by atoms with van der Waals surface area (Å²) in [7, 11) is -4.50. The molecule has 0 aliphatic carbocycles. The number of hydrogen-bond donors (Lipinski definition) is 0. The van der Waals surface area contributed by atoms with Crippen molar-refractivity contribution in [2.75, 3.05) is 19.8 Å². The zero-order valence-electron chi connectivity index (χ0n) is 12.1. The molecule has 0 aliphatic heterocycles. The summed E-state index contributed by atoms with van der Waals surface area (Å²) in [6.45, 7) is 4.13. The molecule has 0 saturated carbocycles. The third kappa shape index (κ3) is 7.80. The van der Waals surface area contributed by atoms with Gasteiger partial charge in [0.05, 0.1) is 19.8 Å². The lowest BCUT2D eigenvalue weighted by Crippen LogP contribution is -2.40. The summed E-state index contributed by atoms with van der Waals surface area (Å²) in [4.78, 5) is 11.3. The number of phosphoric ester groups is 1. The van der Waals surface area contributed by atoms with Gasteiger partial charge in [-0.05, 0) is 19.8 Å². The Balaban J connectivity index is 5.10. The summed E-state index contributed by atoms with van der Waals surface area (Å²) in [6, 6.07) is 0. The zero-order valence-corrected chi connectivity index (χ0v) is 13.0. The Labute approximate surface area is 121 Å². The zero-order chi connectivity index (χ0) is 16.5. The predicted molar refractivity (Wildman–Crippen MR) is 67.7 cm³/mol. The second kappa shape index (κ2) is 9.40. The van der Waals surface area contributed by atoms with Gasteiger partial charge in [0.25, 0.3) is 6.10 Å². The predicted octanol–water partition coefficient (Wildman–Crippen LogP) is 3.46. The van der Waals surface area contributed by atoms with Crippen molar-refractivity contribution in [1.29, 1.82) is 0 Å². The number of carbonyl (C=O) groups excluding carboxylic acids is 1. The van der Waals surface area contributed by atoms with Crippen LogP contribution in [0.2, 0.25) is 0 Å². The van der Waals surface area contributed by atoms with Gasteiger partial charge in [0.2, 0.25) is 0 Å². The standard InChI is InChI=1S/C11H20F3O6P/c1-4-7-18-21(16,19-8-5-2)20-9(11(12,13)14)10(15)17-6-3/h9H,4-8H2,1-3H3/t9-/m0/s1. The van der Waals surface area contributed by atoms with E-state index in [9.17, 15) is 22.5 Å². The van der Waals surface area contributed by atoms with Gasteiger partial charge in [0, 0.05) is 0 Å². The Kier molecular flexibility index (Phi) is 9.12. The van der Waals surface area contributed by atoms with Crippen LogP contribution in [0.5, 0.6) is 0 Å². The lowest BCUT2D eigenvalue weighted by Gasteiger charge is -2.24. The molecule has 0 saturated heterocycles. The molecule has 126 valence electrons. The quantitative estimate of drug-likeness (QED) is 0.449. The Morgan fingerprint density at radius 3 is 1.90 bits per heavy atom. The molecule has 0 N–H and O–H groups in total. The van der Waals surface area contributed by atoms with Gasteiger partial charge in [-0.1, -0.05) is 13.8 Å². The minimum absolute atomic E-state index is 0.131. The first kappa shape index (κ1) is 20.4. The fraction of sp³-hybridized carbons (Fsp3) is 0.909. The van der Waals surface area contributed by atoms with Gasteiger partial charge in [-0.3, -0.25) is 13.6 Å². The number of halogens is 3. The van der Waals surface area contributed by atoms with E-state index >= 15 is 0 Å². The number of alkyl halides is 3. The van der Waals surface area contributed by atoms with E-state index < -0.39 is 26.1 Å². The number of rotatable bonds is 10. The highest BCUT2D eigenvalue weighted by Gasteiger charge is 2.52. The molecule has 0 fully saturated rings. The Morgan fingerprint density at radius 2 is 1.57 bits per heavy atom. The smallest absolute Gasteiger partial charge is 0.464 e. The Morgan fingerprint density at radius 1 is 1.10 bits per heavy atom. The van der Waals surface area contributed by atoms with E-state index in [1.54, 1.807) is 13.8 Å². The van der Waals surface area contributed by atoms with E-state index in [1.807, 2.05) is 0 Å². The molecule has 1 atom stereocenters. The van der Waals surface area contributed by atoms with Gasteiger partial charge in [-0.2, -0.15) is 13.2 Å². The molecular weight excluding hydrogens is 316 g/mol. The molecule has 0 aromatic heterocycles. The highest BCUT2D eigenvalue weighted by Crippen LogP contribution is 2.52. The number of ether oxygens (including phenoxy) is 1. The maximum atomic E-state index is 12.8. The van der Waals surface area contributed by atoms with Crippen molar-refractivity contribution in [2.24, 2.45) is 0 Å². The summed E-state index contributed by atoms with van der Waals surface area (Å²) in [5, 5.41) is 0. The van der Waals surface area contributed by atoms with Crippen LogP contribution in [0.3, 0.4) is 0 Å². The van der Waals surface area contributed by atoms with Crippen molar-refractivity contribution >= 4 is 13.8 Å². The normalized spacial score (nSPS) is 14.0. The monoisotopic (exact) mass is 336 g/mol. The molecule has 6 nitrogen and oxygen atoms in total. The second-order valence-electron chi connectivity index (χ2n) is 3.89. The lowest BCUT2D eigenvalue weighted by atomic mass is 10.3. The SMILES string of the molecule is CCCOP(=O)(OCCC)O[C@@H](C(=O)OCC)C(F)(F)F. The fourth-order valence-electron chi connectivity index (χ4n) is 1.09. The van der Waals surface area contributed by atoms with Gasteiger partial charge in [-0.15, -0.1) is 0 Å². The van der Waals surface area contributed by atoms with E-state index in [-0.39, 0.29) is 19.8 Å². The van der Waals surface area contributed by atoms with Crippen LogP contribution in [0.4, 0.5) is 13.2 Å². The topological polar surface area (TPSA) is 71.1 Å². The molecule has 0 aromatic carbocycles. The Hall–Kier alpha value is -0.630. The minimum atomic E-state index is -5.09. The van der Waals surface area contributed by atoms with Crippen molar-refractivity contribution in [3.05, 3.63) is 0 Å². The van der Waals surface area contributed by atoms with E-state index in [0.717, 1.165) is 0 Å². The van der Waals surface area contributed by atoms with Gasteiger partial charge >= 0.3 is 20.0 Å². The van der Waals surface area contributed by atoms with E-state index in [2.05, 4.69) is 9.26 Å². The maximum Gasteiger partial charge on any atom is 0.475 e. The maximum absolute atomic E-state index is 12.8. The van der Waals surface area contributed by atoms with E-state index in [4.69, 9.17) is 9.05 Å². The first-order chi connectivity index (χ1) is 9.70. The van der Waals surface area contributed by atoms with Crippen LogP contribution in [-0.2, 0) is 27.7 Å². The molecule has 21 heavy (non-hydrogen) atoms. The summed E-state index contributed by atoms with van der Waals surface area (Å²) in [6.07, 6.45) is -7.33. The molecule has 0 radical (unpaired) electrons. The van der Waals surface area contributed by atoms with Crippen LogP contribution < -0.4 is 0 Å². The van der Waals surface area contributed by atoms with Crippen LogP contribution in [0.1, 0.15) is 33.6 Å². The van der Waals surface area contributed by atoms with Crippen LogP contribution in [-0.4, -0.2) is 38.1 Å². The third-order valence-electron chi connectivity index (χ3n) is 1.94. The van der Waals surface area contributed by atoms with E-state index in [1.165, 1.54) is 6.92 Å². The molecule has 0 aromatic rings. The summed E-state index contributed by atoms with van der Waals surface area (Å²) >= 11 is 0. The third-order valence-corrected chi connectivity index (χ3v) is 3.41. The van der Waals surface area contributed by atoms with Crippen LogP contribution in [0, 0.1) is 0 Å².